The topological polar surface area (TPSA) is 86.7 Å². The minimum Gasteiger partial charge on any atom is -0.478 e. The van der Waals surface area contributed by atoms with Crippen molar-refractivity contribution in [3.8, 4) is 0 Å². The summed E-state index contributed by atoms with van der Waals surface area (Å²) in [5, 5.41) is 13.7. The van der Waals surface area contributed by atoms with Crippen LogP contribution in [0, 0.1) is 6.92 Å². The quantitative estimate of drug-likeness (QED) is 0.829. The molecule has 0 spiro atoms. The van der Waals surface area contributed by atoms with E-state index in [1.54, 1.807) is 13.0 Å². The largest absolute Gasteiger partial charge is 0.478 e. The van der Waals surface area contributed by atoms with E-state index in [4.69, 9.17) is 5.11 Å². The molecule has 2 amide bonds. The Hall–Kier alpha value is -3.06. The first kappa shape index (κ1) is 18.7. The van der Waals surface area contributed by atoms with Crippen LogP contribution in [-0.4, -0.2) is 40.1 Å². The number of carboxylic acids is 1. The second kappa shape index (κ2) is 8.09. The fraction of sp³-hybridized carbons (Fsp3) is 0.150. The maximum atomic E-state index is 12.6. The van der Waals surface area contributed by atoms with Gasteiger partial charge in [-0.05, 0) is 35.6 Å². The molecular weight excluding hydrogens is 364 g/mol. The van der Waals surface area contributed by atoms with Crippen LogP contribution in [0.3, 0.4) is 0 Å². The average molecular weight is 382 g/mol. The molecular formula is C20H18N2O4S. The number of thioether (sulfide) groups is 1. The fourth-order valence-electron chi connectivity index (χ4n) is 2.70. The van der Waals surface area contributed by atoms with E-state index in [0.717, 1.165) is 11.1 Å². The zero-order valence-electron chi connectivity index (χ0n) is 14.6. The summed E-state index contributed by atoms with van der Waals surface area (Å²) in [6.45, 7) is 1.64. The minimum atomic E-state index is -1.07. The molecule has 27 heavy (non-hydrogen) atoms. The lowest BCUT2D eigenvalue weighted by molar-refractivity contribution is -0.129. The van der Waals surface area contributed by atoms with Crippen LogP contribution in [0.4, 0.5) is 5.69 Å². The molecule has 7 heteroatoms. The molecule has 0 aromatic heterocycles. The molecule has 0 saturated carbocycles. The van der Waals surface area contributed by atoms with Gasteiger partial charge < -0.3 is 15.3 Å². The number of carbonyl (C=O) groups excluding carboxylic acids is 2. The SMILES string of the molecule is Cc1ccc(C(=O)O)cc1NC(=O)CN1C(=O)CSC=C1c1ccccc1. The number of anilines is 1. The summed E-state index contributed by atoms with van der Waals surface area (Å²) >= 11 is 1.40. The number of aromatic carboxylic acids is 1. The first-order valence-electron chi connectivity index (χ1n) is 8.27. The summed E-state index contributed by atoms with van der Waals surface area (Å²) in [4.78, 5) is 37.5. The van der Waals surface area contributed by atoms with Gasteiger partial charge in [0, 0.05) is 5.69 Å². The number of benzene rings is 2. The van der Waals surface area contributed by atoms with Gasteiger partial charge in [0.05, 0.1) is 17.0 Å². The van der Waals surface area contributed by atoms with Crippen molar-refractivity contribution in [1.29, 1.82) is 0 Å². The molecule has 0 fully saturated rings. The summed E-state index contributed by atoms with van der Waals surface area (Å²) < 4.78 is 0. The molecule has 0 aliphatic carbocycles. The Morgan fingerprint density at radius 3 is 2.63 bits per heavy atom. The van der Waals surface area contributed by atoms with Gasteiger partial charge in [0.25, 0.3) is 0 Å². The van der Waals surface area contributed by atoms with Crippen molar-refractivity contribution in [3.05, 3.63) is 70.6 Å². The van der Waals surface area contributed by atoms with Crippen molar-refractivity contribution >= 4 is 40.9 Å². The second-order valence-corrected chi connectivity index (χ2v) is 6.90. The Bertz CT molecular complexity index is 925. The van der Waals surface area contributed by atoms with E-state index in [9.17, 15) is 14.4 Å². The van der Waals surface area contributed by atoms with Crippen molar-refractivity contribution in [2.45, 2.75) is 6.92 Å². The monoisotopic (exact) mass is 382 g/mol. The average Bonchev–Trinajstić information content (AvgIpc) is 2.65. The maximum Gasteiger partial charge on any atom is 0.335 e. The third kappa shape index (κ3) is 4.38. The number of carboxylic acid groups (broad SMARTS) is 1. The zero-order valence-corrected chi connectivity index (χ0v) is 15.5. The molecule has 2 aromatic carbocycles. The number of rotatable bonds is 5. The molecule has 0 unspecified atom stereocenters. The summed E-state index contributed by atoms with van der Waals surface area (Å²) in [5.41, 5.74) is 2.79. The Kier molecular flexibility index (Phi) is 5.61. The number of nitrogens with zero attached hydrogens (tertiary/aromatic N) is 1. The van der Waals surface area contributed by atoms with Crippen molar-refractivity contribution in [1.82, 2.24) is 4.90 Å². The van der Waals surface area contributed by atoms with E-state index in [1.165, 1.54) is 28.8 Å². The smallest absolute Gasteiger partial charge is 0.335 e. The van der Waals surface area contributed by atoms with E-state index in [1.807, 2.05) is 35.7 Å². The van der Waals surface area contributed by atoms with Crippen LogP contribution < -0.4 is 5.32 Å². The molecule has 2 N–H and O–H groups in total. The number of amides is 2. The van der Waals surface area contributed by atoms with E-state index in [0.29, 0.717) is 11.4 Å². The Labute approximate surface area is 160 Å². The Morgan fingerprint density at radius 1 is 1.19 bits per heavy atom. The highest BCUT2D eigenvalue weighted by Crippen LogP contribution is 2.28. The van der Waals surface area contributed by atoms with Crippen LogP contribution in [0.2, 0.25) is 0 Å². The van der Waals surface area contributed by atoms with Gasteiger partial charge in [-0.3, -0.25) is 9.59 Å². The van der Waals surface area contributed by atoms with Crippen LogP contribution in [0.5, 0.6) is 0 Å². The number of carbonyl (C=O) groups is 3. The molecule has 0 radical (unpaired) electrons. The lowest BCUT2D eigenvalue weighted by Gasteiger charge is -2.28. The molecule has 1 aliphatic heterocycles. The molecule has 6 nitrogen and oxygen atoms in total. The number of hydrogen-bond donors (Lipinski definition) is 2. The van der Waals surface area contributed by atoms with Gasteiger partial charge in [0.15, 0.2) is 0 Å². The van der Waals surface area contributed by atoms with Crippen molar-refractivity contribution in [2.75, 3.05) is 17.6 Å². The van der Waals surface area contributed by atoms with Crippen LogP contribution in [-0.2, 0) is 9.59 Å². The van der Waals surface area contributed by atoms with Gasteiger partial charge >= 0.3 is 5.97 Å². The molecule has 0 atom stereocenters. The lowest BCUT2D eigenvalue weighted by atomic mass is 10.1. The van der Waals surface area contributed by atoms with Gasteiger partial charge in [0.1, 0.15) is 6.54 Å². The molecule has 2 aromatic rings. The highest BCUT2D eigenvalue weighted by molar-refractivity contribution is 8.03. The van der Waals surface area contributed by atoms with Gasteiger partial charge in [-0.25, -0.2) is 4.79 Å². The molecule has 0 bridgehead atoms. The molecule has 1 heterocycles. The van der Waals surface area contributed by atoms with Crippen LogP contribution in [0.25, 0.3) is 5.70 Å². The van der Waals surface area contributed by atoms with Gasteiger partial charge in [0.2, 0.25) is 11.8 Å². The summed E-state index contributed by atoms with van der Waals surface area (Å²) in [6.07, 6.45) is 0. The summed E-state index contributed by atoms with van der Waals surface area (Å²) in [5.74, 6) is -1.32. The lowest BCUT2D eigenvalue weighted by Crippen LogP contribution is -2.39. The standard InChI is InChI=1S/C20H18N2O4S/c1-13-7-8-15(20(25)26)9-16(13)21-18(23)10-22-17(11-27-12-19(22)24)14-5-3-2-4-6-14/h2-9,11H,10,12H2,1H3,(H,21,23)(H,25,26). The zero-order chi connectivity index (χ0) is 19.4. The van der Waals surface area contributed by atoms with Crippen LogP contribution in [0.1, 0.15) is 21.5 Å². The van der Waals surface area contributed by atoms with Crippen molar-refractivity contribution in [3.63, 3.8) is 0 Å². The van der Waals surface area contributed by atoms with Crippen LogP contribution >= 0.6 is 11.8 Å². The molecule has 0 saturated heterocycles. The highest BCUT2D eigenvalue weighted by atomic mass is 32.2. The second-order valence-electron chi connectivity index (χ2n) is 6.04. The molecule has 1 aliphatic rings. The van der Waals surface area contributed by atoms with Crippen molar-refractivity contribution in [2.24, 2.45) is 0 Å². The Balaban J connectivity index is 1.79. The highest BCUT2D eigenvalue weighted by Gasteiger charge is 2.25. The molecule has 138 valence electrons. The summed E-state index contributed by atoms with van der Waals surface area (Å²) in [6, 6.07) is 13.9. The fourth-order valence-corrected chi connectivity index (χ4v) is 3.50. The Morgan fingerprint density at radius 2 is 1.93 bits per heavy atom. The minimum absolute atomic E-state index is 0.0891. The van der Waals surface area contributed by atoms with E-state index in [2.05, 4.69) is 5.32 Å². The summed E-state index contributed by atoms with van der Waals surface area (Å²) in [7, 11) is 0. The maximum absolute atomic E-state index is 12.6. The normalized spacial score (nSPS) is 13.9. The van der Waals surface area contributed by atoms with Crippen LogP contribution in [0.15, 0.2) is 53.9 Å². The van der Waals surface area contributed by atoms with Gasteiger partial charge in [-0.1, -0.05) is 36.4 Å². The van der Waals surface area contributed by atoms with Gasteiger partial charge in [-0.15, -0.1) is 11.8 Å². The van der Waals surface area contributed by atoms with E-state index >= 15 is 0 Å². The third-order valence-corrected chi connectivity index (χ3v) is 4.93. The molecule has 3 rings (SSSR count). The van der Waals surface area contributed by atoms with Gasteiger partial charge in [-0.2, -0.15) is 0 Å². The first-order chi connectivity index (χ1) is 13.0. The van der Waals surface area contributed by atoms with E-state index < -0.39 is 5.97 Å². The number of hydrogen-bond acceptors (Lipinski definition) is 4. The number of aryl methyl sites for hydroxylation is 1. The van der Waals surface area contributed by atoms with Crippen molar-refractivity contribution < 1.29 is 19.5 Å². The van der Waals surface area contributed by atoms with E-state index in [-0.39, 0.29) is 29.7 Å². The predicted molar refractivity (Wildman–Crippen MR) is 105 cm³/mol. The number of nitrogens with one attached hydrogen (secondary N) is 1. The third-order valence-electron chi connectivity index (χ3n) is 4.12. The predicted octanol–water partition coefficient (Wildman–Crippen LogP) is 3.21. The first-order valence-corrected chi connectivity index (χ1v) is 9.32.